The number of aromatic nitrogens is 3. The van der Waals surface area contributed by atoms with Crippen molar-refractivity contribution in [2.75, 3.05) is 37.2 Å². The summed E-state index contributed by atoms with van der Waals surface area (Å²) in [4.78, 5) is 17.6. The second kappa shape index (κ2) is 7.97. The van der Waals surface area contributed by atoms with Crippen molar-refractivity contribution in [2.24, 2.45) is 5.92 Å². The van der Waals surface area contributed by atoms with E-state index in [0.29, 0.717) is 25.4 Å². The third-order valence-electron chi connectivity index (χ3n) is 3.70. The first-order valence-corrected chi connectivity index (χ1v) is 7.64. The van der Waals surface area contributed by atoms with Gasteiger partial charge in [0.05, 0.1) is 25.2 Å². The summed E-state index contributed by atoms with van der Waals surface area (Å²) < 4.78 is 5.63. The maximum atomic E-state index is 9.50. The first kappa shape index (κ1) is 17.9. The topological polar surface area (TPSA) is 165 Å². The molecular weight excluding hydrogens is 348 g/mol. The Labute approximate surface area is 147 Å². The first-order valence-electron chi connectivity index (χ1n) is 7.64. The molecule has 0 aliphatic carbocycles. The largest absolute Gasteiger partial charge is 0.493 e. The number of aromatic hydroxyl groups is 1. The number of nitrogens with zero attached hydrogens (tertiary/aromatic N) is 4. The normalized spacial score (nSPS) is 14.6. The van der Waals surface area contributed by atoms with Crippen molar-refractivity contribution < 1.29 is 30.3 Å². The standard InChI is InChI=1S/C14H18N6O6/c21-7-20-4-8(5-20)6-25-10-1-9(3-15-13(10)26-24)16-14-17-11(19-23)2-12(22)18-14/h1-3,8,21,23-24H,4-7H2,(H3,16,17,18,19,22). The summed E-state index contributed by atoms with van der Waals surface area (Å²) in [5, 5.41) is 39.1. The summed E-state index contributed by atoms with van der Waals surface area (Å²) in [6.07, 6.45) is 1.34. The van der Waals surface area contributed by atoms with Gasteiger partial charge in [-0.25, -0.2) is 10.2 Å². The van der Waals surface area contributed by atoms with Crippen LogP contribution in [0.3, 0.4) is 0 Å². The van der Waals surface area contributed by atoms with Crippen LogP contribution in [0.1, 0.15) is 0 Å². The Bertz CT molecular complexity index is 757. The summed E-state index contributed by atoms with van der Waals surface area (Å²) in [6, 6.07) is 2.65. The van der Waals surface area contributed by atoms with E-state index in [9.17, 15) is 5.11 Å². The van der Waals surface area contributed by atoms with E-state index in [1.165, 1.54) is 12.3 Å². The minimum Gasteiger partial charge on any atom is -0.493 e. The Morgan fingerprint density at radius 2 is 2.08 bits per heavy atom. The summed E-state index contributed by atoms with van der Waals surface area (Å²) in [6.45, 7) is 1.80. The van der Waals surface area contributed by atoms with Gasteiger partial charge in [0, 0.05) is 31.1 Å². The van der Waals surface area contributed by atoms with E-state index in [1.807, 2.05) is 10.4 Å². The maximum absolute atomic E-state index is 9.50. The molecule has 0 spiro atoms. The van der Waals surface area contributed by atoms with Gasteiger partial charge >= 0.3 is 0 Å². The third-order valence-corrected chi connectivity index (χ3v) is 3.70. The van der Waals surface area contributed by atoms with Crippen molar-refractivity contribution in [3.05, 3.63) is 18.3 Å². The molecule has 3 rings (SSSR count). The highest BCUT2D eigenvalue weighted by molar-refractivity contribution is 5.58. The number of aliphatic hydroxyl groups is 1. The molecule has 26 heavy (non-hydrogen) atoms. The van der Waals surface area contributed by atoms with E-state index in [4.69, 9.17) is 20.3 Å². The predicted octanol–water partition coefficient (Wildman–Crippen LogP) is 0.234. The molecule has 1 fully saturated rings. The van der Waals surface area contributed by atoms with Gasteiger partial charge in [-0.2, -0.15) is 9.97 Å². The van der Waals surface area contributed by atoms with Crippen molar-refractivity contribution in [3.63, 3.8) is 0 Å². The van der Waals surface area contributed by atoms with Crippen LogP contribution in [0, 0.1) is 5.92 Å². The molecule has 2 aromatic heterocycles. The summed E-state index contributed by atoms with van der Waals surface area (Å²) in [5.41, 5.74) is 2.21. The van der Waals surface area contributed by atoms with Gasteiger partial charge in [-0.05, 0) is 0 Å². The van der Waals surface area contributed by atoms with Crippen molar-refractivity contribution >= 4 is 17.5 Å². The average molecular weight is 366 g/mol. The average Bonchev–Trinajstić information content (AvgIpc) is 2.60. The van der Waals surface area contributed by atoms with Gasteiger partial charge in [0.2, 0.25) is 11.8 Å². The zero-order valence-electron chi connectivity index (χ0n) is 13.5. The lowest BCUT2D eigenvalue weighted by Gasteiger charge is -2.37. The summed E-state index contributed by atoms with van der Waals surface area (Å²) in [5.74, 6) is -0.0122. The molecule has 12 nitrogen and oxygen atoms in total. The number of nitrogens with one attached hydrogen (secondary N) is 2. The van der Waals surface area contributed by atoms with E-state index in [-0.39, 0.29) is 41.9 Å². The lowest BCUT2D eigenvalue weighted by molar-refractivity contribution is -0.143. The van der Waals surface area contributed by atoms with Gasteiger partial charge in [0.15, 0.2) is 11.6 Å². The molecule has 140 valence electrons. The van der Waals surface area contributed by atoms with Crippen LogP contribution < -0.4 is 20.4 Å². The molecule has 1 saturated heterocycles. The smallest absolute Gasteiger partial charge is 0.298 e. The molecule has 12 heteroatoms. The number of ether oxygens (including phenoxy) is 1. The molecule has 6 N–H and O–H groups in total. The fourth-order valence-corrected chi connectivity index (χ4v) is 2.45. The van der Waals surface area contributed by atoms with Crippen LogP contribution in [0.4, 0.5) is 17.5 Å². The second-order valence-electron chi connectivity index (χ2n) is 5.64. The van der Waals surface area contributed by atoms with E-state index in [2.05, 4.69) is 25.2 Å². The molecule has 3 heterocycles. The minimum absolute atomic E-state index is 0.00170. The van der Waals surface area contributed by atoms with E-state index < -0.39 is 0 Å². The molecule has 0 bridgehead atoms. The molecule has 0 amide bonds. The van der Waals surface area contributed by atoms with Crippen LogP contribution in [0.5, 0.6) is 17.5 Å². The highest BCUT2D eigenvalue weighted by atomic mass is 17.1. The van der Waals surface area contributed by atoms with Crippen LogP contribution in [0.25, 0.3) is 0 Å². The molecule has 1 aliphatic rings. The molecule has 2 aromatic rings. The van der Waals surface area contributed by atoms with E-state index >= 15 is 0 Å². The molecule has 0 radical (unpaired) electrons. The van der Waals surface area contributed by atoms with E-state index in [1.54, 1.807) is 0 Å². The Morgan fingerprint density at radius 3 is 2.77 bits per heavy atom. The quantitative estimate of drug-likeness (QED) is 0.279. The highest BCUT2D eigenvalue weighted by Crippen LogP contribution is 2.30. The number of anilines is 3. The monoisotopic (exact) mass is 366 g/mol. The van der Waals surface area contributed by atoms with Crippen molar-refractivity contribution in [2.45, 2.75) is 0 Å². The highest BCUT2D eigenvalue weighted by Gasteiger charge is 2.26. The minimum atomic E-state index is -0.350. The zero-order valence-corrected chi connectivity index (χ0v) is 13.5. The predicted molar refractivity (Wildman–Crippen MR) is 87.5 cm³/mol. The van der Waals surface area contributed by atoms with Crippen LogP contribution >= 0.6 is 0 Å². The molecule has 0 atom stereocenters. The van der Waals surface area contributed by atoms with Crippen LogP contribution in [-0.2, 0) is 0 Å². The van der Waals surface area contributed by atoms with Crippen LogP contribution in [-0.4, -0.2) is 67.0 Å². The van der Waals surface area contributed by atoms with Gasteiger partial charge in [-0.1, -0.05) is 0 Å². The lowest BCUT2D eigenvalue weighted by Crippen LogP contribution is -2.49. The van der Waals surface area contributed by atoms with Gasteiger partial charge in [-0.3, -0.25) is 15.6 Å². The van der Waals surface area contributed by atoms with Crippen molar-refractivity contribution in [3.8, 4) is 17.5 Å². The summed E-state index contributed by atoms with van der Waals surface area (Å²) in [7, 11) is 0. The number of likely N-dealkylation sites (tertiary alicyclic amines) is 1. The maximum Gasteiger partial charge on any atom is 0.298 e. The van der Waals surface area contributed by atoms with Crippen molar-refractivity contribution in [1.82, 2.24) is 19.9 Å². The zero-order chi connectivity index (χ0) is 18.5. The van der Waals surface area contributed by atoms with Gasteiger partial charge < -0.3 is 25.2 Å². The molecular formula is C14H18N6O6. The lowest BCUT2D eigenvalue weighted by atomic mass is 10.0. The fourth-order valence-electron chi connectivity index (χ4n) is 2.45. The number of pyridine rings is 1. The van der Waals surface area contributed by atoms with Crippen LogP contribution in [0.2, 0.25) is 0 Å². The Balaban J connectivity index is 1.69. The Morgan fingerprint density at radius 1 is 1.27 bits per heavy atom. The van der Waals surface area contributed by atoms with E-state index in [0.717, 1.165) is 6.07 Å². The Kier molecular flexibility index (Phi) is 5.48. The van der Waals surface area contributed by atoms with Crippen molar-refractivity contribution in [1.29, 1.82) is 0 Å². The number of hydrogen-bond acceptors (Lipinski definition) is 12. The van der Waals surface area contributed by atoms with Crippen LogP contribution in [0.15, 0.2) is 18.3 Å². The van der Waals surface area contributed by atoms with Gasteiger partial charge in [0.25, 0.3) is 5.88 Å². The molecule has 0 unspecified atom stereocenters. The van der Waals surface area contributed by atoms with Gasteiger partial charge in [-0.15, -0.1) is 0 Å². The fraction of sp³-hybridized carbons (Fsp3) is 0.357. The number of hydrogen-bond donors (Lipinski definition) is 6. The number of rotatable bonds is 8. The second-order valence-corrected chi connectivity index (χ2v) is 5.64. The molecule has 0 saturated carbocycles. The van der Waals surface area contributed by atoms with Gasteiger partial charge in [0.1, 0.15) is 0 Å². The number of aliphatic hydroxyl groups excluding tert-OH is 1. The first-order chi connectivity index (χ1) is 12.6. The Hall–Kier alpha value is -2.93. The molecule has 0 aromatic carbocycles. The molecule has 1 aliphatic heterocycles. The third kappa shape index (κ3) is 4.18. The summed E-state index contributed by atoms with van der Waals surface area (Å²) >= 11 is 0. The SMILES string of the molecule is OCN1CC(COc2cc(Nc3nc(O)cc(NO)n3)cnc2OO)C1.